The van der Waals surface area contributed by atoms with Gasteiger partial charge in [0.2, 0.25) is 5.91 Å². The number of carbonyl (C=O) groups is 3. The number of rotatable bonds is 7. The summed E-state index contributed by atoms with van der Waals surface area (Å²) in [6.07, 6.45) is 2.54. The minimum Gasteiger partial charge on any atom is -0.464 e. The van der Waals surface area contributed by atoms with E-state index in [0.29, 0.717) is 44.9 Å². The summed E-state index contributed by atoms with van der Waals surface area (Å²) in [6.45, 7) is 7.43. The Morgan fingerprint density at radius 2 is 1.76 bits per heavy atom. The highest BCUT2D eigenvalue weighted by atomic mass is 19.1. The van der Waals surface area contributed by atoms with Crippen molar-refractivity contribution in [2.24, 2.45) is 5.41 Å². The summed E-state index contributed by atoms with van der Waals surface area (Å²) in [5.41, 5.74) is -2.55. The van der Waals surface area contributed by atoms with Crippen LogP contribution in [0.2, 0.25) is 0 Å². The molecule has 0 aromatic rings. The largest absolute Gasteiger partial charge is 0.464 e. The predicted octanol–water partition coefficient (Wildman–Crippen LogP) is 3.25. The van der Waals surface area contributed by atoms with E-state index in [1.165, 1.54) is 4.90 Å². The second-order valence-corrected chi connectivity index (χ2v) is 11.0. The van der Waals surface area contributed by atoms with Crippen LogP contribution in [0.15, 0.2) is 0 Å². The van der Waals surface area contributed by atoms with Crippen LogP contribution >= 0.6 is 0 Å². The summed E-state index contributed by atoms with van der Waals surface area (Å²) in [4.78, 5) is 40.6. The molecule has 4 rings (SSSR count). The summed E-state index contributed by atoms with van der Waals surface area (Å²) < 4.78 is 25.6. The van der Waals surface area contributed by atoms with Crippen LogP contribution < -0.4 is 5.32 Å². The maximum absolute atomic E-state index is 14.8. The van der Waals surface area contributed by atoms with Gasteiger partial charge in [-0.25, -0.2) is 14.0 Å². The van der Waals surface area contributed by atoms with Gasteiger partial charge in [0, 0.05) is 18.4 Å². The van der Waals surface area contributed by atoms with Gasteiger partial charge in [-0.2, -0.15) is 0 Å². The normalized spacial score (nSPS) is 32.4. The van der Waals surface area contributed by atoms with Crippen LogP contribution in [0.4, 0.5) is 9.18 Å². The molecule has 0 unspecified atom stereocenters. The van der Waals surface area contributed by atoms with E-state index in [0.717, 1.165) is 6.42 Å². The average Bonchev–Trinajstić information content (AvgIpc) is 3.13. The lowest BCUT2D eigenvalue weighted by atomic mass is 9.56. The van der Waals surface area contributed by atoms with Gasteiger partial charge in [-0.05, 0) is 65.7 Å². The van der Waals surface area contributed by atoms with Crippen molar-refractivity contribution in [1.29, 1.82) is 0 Å². The molecule has 0 radical (unpaired) electrons. The highest BCUT2D eigenvalue weighted by Gasteiger charge is 2.56. The van der Waals surface area contributed by atoms with Crippen molar-refractivity contribution < 1.29 is 33.4 Å². The number of hydrogen-bond donors (Lipinski definition) is 2. The standard InChI is InChI=1S/C24H39FN2O6/c1-5-6-13-32-20(30)17-14-16(28)15-27(17)19(29)18(26-21(31)33-22(2,3)4)23-7-10-24(25,11-8-23)12-9-23/h16-18,28H,5-15H2,1-4H3,(H,26,31)/t16-,17+,18+,23?,24?/m1/s1. The third-order valence-corrected chi connectivity index (χ3v) is 7.31. The first kappa shape index (κ1) is 25.7. The Morgan fingerprint density at radius 1 is 1.15 bits per heavy atom. The number of alkyl carbamates (subject to hydrolysis) is 1. The van der Waals surface area contributed by atoms with Gasteiger partial charge in [-0.1, -0.05) is 13.3 Å². The Balaban J connectivity index is 1.83. The van der Waals surface area contributed by atoms with Gasteiger partial charge in [0.25, 0.3) is 0 Å². The predicted molar refractivity (Wildman–Crippen MR) is 119 cm³/mol. The molecule has 0 spiro atoms. The number of aliphatic hydroxyl groups is 1. The topological polar surface area (TPSA) is 105 Å². The zero-order chi connectivity index (χ0) is 24.4. The van der Waals surface area contributed by atoms with Gasteiger partial charge in [0.1, 0.15) is 23.4 Å². The van der Waals surface area contributed by atoms with E-state index in [1.54, 1.807) is 20.8 Å². The number of halogens is 1. The molecule has 2 N–H and O–H groups in total. The van der Waals surface area contributed by atoms with Crippen LogP contribution in [0.5, 0.6) is 0 Å². The molecule has 0 aromatic carbocycles. The SMILES string of the molecule is CCCCOC(=O)[C@@H]1C[C@@H](O)CN1C(=O)[C@H](NC(=O)OC(C)(C)C)C12CCC(F)(CC1)CC2. The van der Waals surface area contributed by atoms with Crippen molar-refractivity contribution in [2.45, 2.75) is 115 Å². The molecule has 188 valence electrons. The molecule has 3 atom stereocenters. The Bertz CT molecular complexity index is 727. The average molecular weight is 471 g/mol. The molecular weight excluding hydrogens is 431 g/mol. The first-order valence-electron chi connectivity index (χ1n) is 12.2. The number of β-amino-alcohol motifs (C(OH)–C–C–N with tert-alkyl or cyclic N) is 1. The van der Waals surface area contributed by atoms with E-state index in [2.05, 4.69) is 5.32 Å². The summed E-state index contributed by atoms with van der Waals surface area (Å²) in [7, 11) is 0. The van der Waals surface area contributed by atoms with E-state index in [1.807, 2.05) is 6.92 Å². The van der Waals surface area contributed by atoms with E-state index >= 15 is 0 Å². The van der Waals surface area contributed by atoms with Gasteiger partial charge in [-0.3, -0.25) is 4.79 Å². The second-order valence-electron chi connectivity index (χ2n) is 11.0. The number of fused-ring (bicyclic) bond motifs is 3. The lowest BCUT2D eigenvalue weighted by Gasteiger charge is -2.53. The summed E-state index contributed by atoms with van der Waals surface area (Å²) in [6, 6.07) is -1.87. The number of amides is 2. The number of esters is 1. The molecule has 0 aromatic heterocycles. The molecule has 2 amide bonds. The van der Waals surface area contributed by atoms with Crippen molar-refractivity contribution in [1.82, 2.24) is 10.2 Å². The zero-order valence-corrected chi connectivity index (χ0v) is 20.3. The van der Waals surface area contributed by atoms with Gasteiger partial charge in [0.05, 0.1) is 12.7 Å². The molecule has 4 aliphatic rings. The fourth-order valence-electron chi connectivity index (χ4n) is 5.36. The summed E-state index contributed by atoms with van der Waals surface area (Å²) in [5.74, 6) is -0.986. The van der Waals surface area contributed by atoms with Crippen LogP contribution in [-0.2, 0) is 19.1 Å². The quantitative estimate of drug-likeness (QED) is 0.437. The Morgan fingerprint density at radius 3 is 2.30 bits per heavy atom. The van der Waals surface area contributed by atoms with Gasteiger partial charge in [0.15, 0.2) is 0 Å². The zero-order valence-electron chi connectivity index (χ0n) is 20.3. The monoisotopic (exact) mass is 470 g/mol. The molecule has 33 heavy (non-hydrogen) atoms. The molecule has 3 saturated carbocycles. The smallest absolute Gasteiger partial charge is 0.408 e. The number of unbranched alkanes of at least 4 members (excludes halogenated alkanes) is 1. The van der Waals surface area contributed by atoms with Crippen LogP contribution in [-0.4, -0.2) is 70.6 Å². The molecule has 1 heterocycles. The van der Waals surface area contributed by atoms with E-state index in [9.17, 15) is 23.9 Å². The van der Waals surface area contributed by atoms with Gasteiger partial charge >= 0.3 is 12.1 Å². The number of nitrogens with zero attached hydrogens (tertiary/aromatic N) is 1. The van der Waals surface area contributed by atoms with Crippen molar-refractivity contribution >= 4 is 18.0 Å². The van der Waals surface area contributed by atoms with Crippen molar-refractivity contribution in [3.63, 3.8) is 0 Å². The maximum Gasteiger partial charge on any atom is 0.408 e. The van der Waals surface area contributed by atoms with Gasteiger partial charge < -0.3 is 24.8 Å². The van der Waals surface area contributed by atoms with Crippen LogP contribution in [0.1, 0.15) is 85.5 Å². The summed E-state index contributed by atoms with van der Waals surface area (Å²) >= 11 is 0. The van der Waals surface area contributed by atoms with Crippen LogP contribution in [0, 0.1) is 5.41 Å². The number of hydrogen-bond acceptors (Lipinski definition) is 6. The maximum atomic E-state index is 14.8. The molecule has 8 nitrogen and oxygen atoms in total. The lowest BCUT2D eigenvalue weighted by Crippen LogP contribution is -2.62. The summed E-state index contributed by atoms with van der Waals surface area (Å²) in [5, 5.41) is 13.0. The fourth-order valence-corrected chi connectivity index (χ4v) is 5.36. The van der Waals surface area contributed by atoms with Crippen molar-refractivity contribution in [3.8, 4) is 0 Å². The van der Waals surface area contributed by atoms with Crippen LogP contribution in [0.3, 0.4) is 0 Å². The van der Waals surface area contributed by atoms with Gasteiger partial charge in [-0.15, -0.1) is 0 Å². The number of alkyl halides is 1. The Labute approximate surface area is 195 Å². The highest BCUT2D eigenvalue weighted by molar-refractivity contribution is 5.91. The number of likely N-dealkylation sites (tertiary alicyclic amines) is 1. The van der Waals surface area contributed by atoms with E-state index in [4.69, 9.17) is 9.47 Å². The van der Waals surface area contributed by atoms with Crippen molar-refractivity contribution in [2.75, 3.05) is 13.2 Å². The minimum atomic E-state index is -1.20. The molecule has 1 aliphatic heterocycles. The molecule has 4 fully saturated rings. The molecule has 1 saturated heterocycles. The molecule has 2 bridgehead atoms. The second kappa shape index (κ2) is 9.76. The fraction of sp³-hybridized carbons (Fsp3) is 0.875. The van der Waals surface area contributed by atoms with E-state index < -0.39 is 52.8 Å². The first-order valence-corrected chi connectivity index (χ1v) is 12.2. The highest BCUT2D eigenvalue weighted by Crippen LogP contribution is 2.56. The number of nitrogens with one attached hydrogen (secondary N) is 1. The third-order valence-electron chi connectivity index (χ3n) is 7.31. The number of aliphatic hydroxyl groups excluding tert-OH is 1. The van der Waals surface area contributed by atoms with E-state index in [-0.39, 0.29) is 19.6 Å². The third kappa shape index (κ3) is 5.97. The Kier molecular flexibility index (Phi) is 7.61. The minimum absolute atomic E-state index is 0.0119. The van der Waals surface area contributed by atoms with Crippen molar-refractivity contribution in [3.05, 3.63) is 0 Å². The number of ether oxygens (including phenoxy) is 2. The lowest BCUT2D eigenvalue weighted by molar-refractivity contribution is -0.156. The van der Waals surface area contributed by atoms with Crippen LogP contribution in [0.25, 0.3) is 0 Å². The molecule has 3 aliphatic carbocycles. The first-order chi connectivity index (χ1) is 15.4. The molecule has 9 heteroatoms. The Hall–Kier alpha value is -1.90. The molecular formula is C24H39FN2O6. The number of carbonyl (C=O) groups excluding carboxylic acids is 3.